The Hall–Kier alpha value is -1.32. The molecule has 0 radical (unpaired) electrons. The van der Waals surface area contributed by atoms with E-state index in [-0.39, 0.29) is 11.3 Å². The number of carbonyl (C=O) groups is 2. The van der Waals surface area contributed by atoms with Crippen molar-refractivity contribution in [2.75, 3.05) is 0 Å². The van der Waals surface area contributed by atoms with Gasteiger partial charge in [0.05, 0.1) is 0 Å². The van der Waals surface area contributed by atoms with E-state index in [1.165, 1.54) is 0 Å². The third-order valence-corrected chi connectivity index (χ3v) is 2.39. The highest BCUT2D eigenvalue weighted by atomic mass is 16.4. The predicted octanol–water partition coefficient (Wildman–Crippen LogP) is 2.35. The van der Waals surface area contributed by atoms with Gasteiger partial charge in [-0.05, 0) is 24.7 Å². The second-order valence-corrected chi connectivity index (χ2v) is 5.39. The van der Waals surface area contributed by atoms with Crippen LogP contribution in [0.25, 0.3) is 0 Å². The number of hydrogen-bond acceptors (Lipinski definition) is 2. The molecule has 1 atom stereocenters. The summed E-state index contributed by atoms with van der Waals surface area (Å²) in [6.45, 7) is 9.66. The molecule has 1 unspecified atom stereocenters. The van der Waals surface area contributed by atoms with Gasteiger partial charge in [-0.1, -0.05) is 26.8 Å². The van der Waals surface area contributed by atoms with E-state index < -0.39 is 12.0 Å². The maximum atomic E-state index is 11.4. The molecule has 4 nitrogen and oxygen atoms in total. The molecule has 0 aliphatic carbocycles. The number of allylic oxidation sites excluding steroid dienone is 1. The topological polar surface area (TPSA) is 66.4 Å². The third-order valence-electron chi connectivity index (χ3n) is 2.39. The lowest BCUT2D eigenvalue weighted by Gasteiger charge is -2.21. The number of amides is 1. The molecule has 2 N–H and O–H groups in total. The standard InChI is InChI=1S/C13H23NO3/c1-5-6-7-11(15)14-10(12(16)17)8-9-13(2,3)4/h5,10H,1,6-9H2,2-4H3,(H,14,15)(H,16,17). The molecule has 0 aromatic carbocycles. The molecule has 98 valence electrons. The molecule has 0 bridgehead atoms. The lowest BCUT2D eigenvalue weighted by molar-refractivity contribution is -0.142. The molecular weight excluding hydrogens is 218 g/mol. The normalized spacial score (nSPS) is 12.9. The Morgan fingerprint density at radius 1 is 1.41 bits per heavy atom. The van der Waals surface area contributed by atoms with E-state index in [1.54, 1.807) is 6.08 Å². The average Bonchev–Trinajstić information content (AvgIpc) is 2.19. The fourth-order valence-electron chi connectivity index (χ4n) is 1.33. The van der Waals surface area contributed by atoms with Crippen molar-refractivity contribution in [3.8, 4) is 0 Å². The largest absolute Gasteiger partial charge is 0.480 e. The van der Waals surface area contributed by atoms with Crippen molar-refractivity contribution in [2.45, 2.75) is 52.5 Å². The van der Waals surface area contributed by atoms with Gasteiger partial charge in [-0.15, -0.1) is 6.58 Å². The van der Waals surface area contributed by atoms with Gasteiger partial charge in [0.1, 0.15) is 6.04 Å². The molecule has 0 rings (SSSR count). The number of carbonyl (C=O) groups excluding carboxylic acids is 1. The van der Waals surface area contributed by atoms with Crippen LogP contribution in [0.2, 0.25) is 0 Å². The summed E-state index contributed by atoms with van der Waals surface area (Å²) in [4.78, 5) is 22.4. The van der Waals surface area contributed by atoms with Gasteiger partial charge in [0, 0.05) is 6.42 Å². The van der Waals surface area contributed by atoms with Crippen LogP contribution >= 0.6 is 0 Å². The minimum Gasteiger partial charge on any atom is -0.480 e. The molecule has 0 saturated carbocycles. The smallest absolute Gasteiger partial charge is 0.326 e. The van der Waals surface area contributed by atoms with Crippen LogP contribution in [0.15, 0.2) is 12.7 Å². The molecule has 0 heterocycles. The van der Waals surface area contributed by atoms with Gasteiger partial charge in [-0.25, -0.2) is 4.79 Å². The van der Waals surface area contributed by atoms with Crippen molar-refractivity contribution in [3.05, 3.63) is 12.7 Å². The zero-order valence-electron chi connectivity index (χ0n) is 11.0. The van der Waals surface area contributed by atoms with Crippen molar-refractivity contribution in [2.24, 2.45) is 5.41 Å². The van der Waals surface area contributed by atoms with Gasteiger partial charge >= 0.3 is 5.97 Å². The molecule has 0 aliphatic heterocycles. The maximum absolute atomic E-state index is 11.4. The minimum atomic E-state index is -0.971. The van der Waals surface area contributed by atoms with Crippen LogP contribution in [0.3, 0.4) is 0 Å². The van der Waals surface area contributed by atoms with E-state index in [2.05, 4.69) is 11.9 Å². The Labute approximate surface area is 103 Å². The first-order valence-corrected chi connectivity index (χ1v) is 5.89. The number of carboxylic acid groups (broad SMARTS) is 1. The van der Waals surface area contributed by atoms with Crippen LogP contribution in [0.5, 0.6) is 0 Å². The Balaban J connectivity index is 4.20. The summed E-state index contributed by atoms with van der Waals surface area (Å²) in [6.07, 6.45) is 3.72. The average molecular weight is 241 g/mol. The number of rotatable bonds is 7. The van der Waals surface area contributed by atoms with Crippen LogP contribution in [-0.2, 0) is 9.59 Å². The van der Waals surface area contributed by atoms with Crippen molar-refractivity contribution < 1.29 is 14.7 Å². The van der Waals surface area contributed by atoms with Crippen LogP contribution in [0, 0.1) is 5.41 Å². The molecule has 0 spiro atoms. The molecule has 0 aromatic rings. The summed E-state index contributed by atoms with van der Waals surface area (Å²) in [7, 11) is 0. The fraction of sp³-hybridized carbons (Fsp3) is 0.692. The number of aliphatic carboxylic acids is 1. The summed E-state index contributed by atoms with van der Waals surface area (Å²) in [5, 5.41) is 11.5. The summed E-state index contributed by atoms with van der Waals surface area (Å²) >= 11 is 0. The first kappa shape index (κ1) is 15.7. The highest BCUT2D eigenvalue weighted by molar-refractivity contribution is 5.83. The molecule has 17 heavy (non-hydrogen) atoms. The molecule has 4 heteroatoms. The molecular formula is C13H23NO3. The van der Waals surface area contributed by atoms with Crippen LogP contribution in [0.4, 0.5) is 0 Å². The van der Waals surface area contributed by atoms with Crippen molar-refractivity contribution >= 4 is 11.9 Å². The molecule has 0 aliphatic rings. The number of hydrogen-bond donors (Lipinski definition) is 2. The minimum absolute atomic E-state index is 0.0690. The Kier molecular flexibility index (Phi) is 6.54. The Morgan fingerprint density at radius 3 is 2.41 bits per heavy atom. The SMILES string of the molecule is C=CCCC(=O)NC(CCC(C)(C)C)C(=O)O. The molecule has 0 fully saturated rings. The maximum Gasteiger partial charge on any atom is 0.326 e. The lowest BCUT2D eigenvalue weighted by atomic mass is 9.88. The first-order chi connectivity index (χ1) is 7.76. The van der Waals surface area contributed by atoms with E-state index >= 15 is 0 Å². The zero-order chi connectivity index (χ0) is 13.5. The predicted molar refractivity (Wildman–Crippen MR) is 67.7 cm³/mol. The third kappa shape index (κ3) is 8.48. The van der Waals surface area contributed by atoms with E-state index in [9.17, 15) is 9.59 Å². The summed E-state index contributed by atoms with van der Waals surface area (Å²) < 4.78 is 0. The second-order valence-electron chi connectivity index (χ2n) is 5.39. The highest BCUT2D eigenvalue weighted by Gasteiger charge is 2.22. The Morgan fingerprint density at radius 2 is 2.00 bits per heavy atom. The van der Waals surface area contributed by atoms with E-state index in [1.807, 2.05) is 20.8 Å². The zero-order valence-corrected chi connectivity index (χ0v) is 11.0. The van der Waals surface area contributed by atoms with E-state index in [4.69, 9.17) is 5.11 Å². The molecule has 0 saturated heterocycles. The van der Waals surface area contributed by atoms with Crippen LogP contribution in [0.1, 0.15) is 46.5 Å². The van der Waals surface area contributed by atoms with Gasteiger partial charge < -0.3 is 10.4 Å². The monoisotopic (exact) mass is 241 g/mol. The first-order valence-electron chi connectivity index (χ1n) is 5.89. The van der Waals surface area contributed by atoms with E-state index in [0.29, 0.717) is 19.3 Å². The van der Waals surface area contributed by atoms with Crippen molar-refractivity contribution in [1.82, 2.24) is 5.32 Å². The van der Waals surface area contributed by atoms with Gasteiger partial charge in [0.15, 0.2) is 0 Å². The van der Waals surface area contributed by atoms with Crippen molar-refractivity contribution in [3.63, 3.8) is 0 Å². The van der Waals surface area contributed by atoms with Crippen LogP contribution < -0.4 is 5.32 Å². The lowest BCUT2D eigenvalue weighted by Crippen LogP contribution is -2.41. The van der Waals surface area contributed by atoms with Crippen molar-refractivity contribution in [1.29, 1.82) is 0 Å². The van der Waals surface area contributed by atoms with Gasteiger partial charge in [0.2, 0.25) is 5.91 Å². The van der Waals surface area contributed by atoms with Gasteiger partial charge in [-0.3, -0.25) is 4.79 Å². The fourth-order valence-corrected chi connectivity index (χ4v) is 1.33. The Bertz CT molecular complexity index is 279. The molecule has 0 aromatic heterocycles. The van der Waals surface area contributed by atoms with Gasteiger partial charge in [-0.2, -0.15) is 0 Å². The number of nitrogens with one attached hydrogen (secondary N) is 1. The molecule has 1 amide bonds. The summed E-state index contributed by atoms with van der Waals surface area (Å²) in [5.41, 5.74) is 0.0690. The summed E-state index contributed by atoms with van der Waals surface area (Å²) in [5.74, 6) is -1.20. The van der Waals surface area contributed by atoms with Gasteiger partial charge in [0.25, 0.3) is 0 Å². The number of carboxylic acids is 1. The van der Waals surface area contributed by atoms with Crippen LogP contribution in [-0.4, -0.2) is 23.0 Å². The summed E-state index contributed by atoms with van der Waals surface area (Å²) in [6, 6.07) is -0.786. The highest BCUT2D eigenvalue weighted by Crippen LogP contribution is 2.21. The van der Waals surface area contributed by atoms with E-state index in [0.717, 1.165) is 6.42 Å². The second kappa shape index (κ2) is 7.09. The quantitative estimate of drug-likeness (QED) is 0.672.